The molecule has 0 unspecified atom stereocenters. The minimum Gasteiger partial charge on any atom is -0.309 e. The number of aromatic nitrogens is 1. The van der Waals surface area contributed by atoms with Crippen LogP contribution in [0.15, 0.2) is 176 Å². The molecular formula is C46H29NS. The second-order valence-electron chi connectivity index (χ2n) is 12.5. The minimum atomic E-state index is 1.18. The normalized spacial score (nSPS) is 11.8. The lowest BCUT2D eigenvalue weighted by Gasteiger charge is -2.11. The maximum Gasteiger partial charge on any atom is 0.0541 e. The molecule has 10 aromatic rings. The Kier molecular flexibility index (Phi) is 6.12. The van der Waals surface area contributed by atoms with Crippen molar-refractivity contribution < 1.29 is 0 Å². The van der Waals surface area contributed by atoms with Gasteiger partial charge in [-0.1, -0.05) is 127 Å². The first kappa shape index (κ1) is 27.2. The lowest BCUT2D eigenvalue weighted by Crippen LogP contribution is -1.92. The van der Waals surface area contributed by atoms with Gasteiger partial charge in [0, 0.05) is 26.2 Å². The van der Waals surface area contributed by atoms with Crippen LogP contribution in [0.25, 0.3) is 91.8 Å². The molecule has 0 aliphatic heterocycles. The molecule has 1 nitrogen and oxygen atoms in total. The van der Waals surface area contributed by atoms with Gasteiger partial charge >= 0.3 is 0 Å². The predicted octanol–water partition coefficient (Wildman–Crippen LogP) is 13.3. The Morgan fingerprint density at radius 2 is 0.771 bits per heavy atom. The Morgan fingerprint density at radius 3 is 1.48 bits per heavy atom. The van der Waals surface area contributed by atoms with Crippen LogP contribution in [0.4, 0.5) is 0 Å². The lowest BCUT2D eigenvalue weighted by atomic mass is 9.93. The van der Waals surface area contributed by atoms with Crippen molar-refractivity contribution in [3.63, 3.8) is 0 Å². The zero-order chi connectivity index (χ0) is 31.6. The number of benzene rings is 8. The minimum absolute atomic E-state index is 1.18. The van der Waals surface area contributed by atoms with E-state index < -0.39 is 0 Å². The number of hydrogen-bond donors (Lipinski definition) is 0. The number of nitrogens with zero attached hydrogens (tertiary/aromatic N) is 1. The summed E-state index contributed by atoms with van der Waals surface area (Å²) in [7, 11) is 0. The number of para-hydroxylation sites is 2. The highest BCUT2D eigenvalue weighted by molar-refractivity contribution is 7.18. The van der Waals surface area contributed by atoms with Crippen LogP contribution in [0.2, 0.25) is 0 Å². The molecule has 2 aromatic heterocycles. The third-order valence-corrected chi connectivity index (χ3v) is 11.0. The Bertz CT molecular complexity index is 2780. The predicted molar refractivity (Wildman–Crippen MR) is 207 cm³/mol. The standard InChI is InChI=1S/C46H29NS/c1-2-10-34(11-3-1)47-43-17-9-8-16-40(43)42-28-32(23-25-44(42)47)30-18-20-31(21-19-30)45-26-27-46(48-45)33-22-24-39-37-14-5-4-12-35(37)36-13-6-7-15-38(36)41(39)29-33/h1-29H. The highest BCUT2D eigenvalue weighted by Crippen LogP contribution is 2.41. The largest absolute Gasteiger partial charge is 0.309 e. The Balaban J connectivity index is 1.00. The first-order valence-electron chi connectivity index (χ1n) is 16.4. The van der Waals surface area contributed by atoms with E-state index >= 15 is 0 Å². The van der Waals surface area contributed by atoms with Gasteiger partial charge in [0.1, 0.15) is 0 Å². The van der Waals surface area contributed by atoms with Gasteiger partial charge in [-0.2, -0.15) is 0 Å². The van der Waals surface area contributed by atoms with Crippen molar-refractivity contribution >= 4 is 65.5 Å². The van der Waals surface area contributed by atoms with E-state index in [9.17, 15) is 0 Å². The number of thiophene rings is 1. The van der Waals surface area contributed by atoms with E-state index in [4.69, 9.17) is 0 Å². The Hall–Kier alpha value is -5.96. The number of rotatable bonds is 4. The molecule has 8 aromatic carbocycles. The van der Waals surface area contributed by atoms with Crippen LogP contribution in [-0.2, 0) is 0 Å². The Morgan fingerprint density at radius 1 is 0.292 bits per heavy atom. The van der Waals surface area contributed by atoms with Gasteiger partial charge in [0.2, 0.25) is 0 Å². The quantitative estimate of drug-likeness (QED) is 0.171. The van der Waals surface area contributed by atoms with E-state index in [1.807, 2.05) is 11.3 Å². The summed E-state index contributed by atoms with van der Waals surface area (Å²) in [6, 6.07) is 64.4. The first-order chi connectivity index (χ1) is 23.8. The zero-order valence-corrected chi connectivity index (χ0v) is 26.9. The summed E-state index contributed by atoms with van der Waals surface area (Å²) in [6.07, 6.45) is 0. The second kappa shape index (κ2) is 10.8. The van der Waals surface area contributed by atoms with Crippen LogP contribution >= 0.6 is 11.3 Å². The molecule has 224 valence electrons. The van der Waals surface area contributed by atoms with Crippen molar-refractivity contribution in [2.24, 2.45) is 0 Å². The summed E-state index contributed by atoms with van der Waals surface area (Å²) >= 11 is 1.86. The molecule has 0 N–H and O–H groups in total. The molecule has 0 aliphatic carbocycles. The van der Waals surface area contributed by atoms with Gasteiger partial charge < -0.3 is 4.57 Å². The highest BCUT2D eigenvalue weighted by Gasteiger charge is 2.14. The van der Waals surface area contributed by atoms with Crippen molar-refractivity contribution in [3.05, 3.63) is 176 Å². The van der Waals surface area contributed by atoms with Crippen LogP contribution in [0.5, 0.6) is 0 Å². The zero-order valence-electron chi connectivity index (χ0n) is 26.1. The van der Waals surface area contributed by atoms with Gasteiger partial charge in [-0.05, 0) is 103 Å². The molecule has 0 atom stereocenters. The maximum atomic E-state index is 2.38. The fraction of sp³-hybridized carbons (Fsp3) is 0. The molecule has 0 saturated heterocycles. The van der Waals surface area contributed by atoms with E-state index in [1.165, 1.54) is 91.8 Å². The summed E-state index contributed by atoms with van der Waals surface area (Å²) < 4.78 is 2.37. The SMILES string of the molecule is c1ccc(-n2c3ccccc3c3cc(-c4ccc(-c5ccc(-c6ccc7c8ccccc8c8ccccc8c7c6)s5)cc4)ccc32)cc1. The van der Waals surface area contributed by atoms with Gasteiger partial charge in [-0.3, -0.25) is 0 Å². The number of fused-ring (bicyclic) bond motifs is 9. The van der Waals surface area contributed by atoms with Gasteiger partial charge in [-0.25, -0.2) is 0 Å². The van der Waals surface area contributed by atoms with Gasteiger partial charge in [0.05, 0.1) is 11.0 Å². The van der Waals surface area contributed by atoms with Crippen molar-refractivity contribution in [1.82, 2.24) is 4.57 Å². The fourth-order valence-corrected chi connectivity index (χ4v) is 8.55. The average Bonchev–Trinajstić information content (AvgIpc) is 3.79. The smallest absolute Gasteiger partial charge is 0.0541 e. The lowest BCUT2D eigenvalue weighted by molar-refractivity contribution is 1.18. The van der Waals surface area contributed by atoms with E-state index in [1.54, 1.807) is 0 Å². The molecule has 0 bridgehead atoms. The van der Waals surface area contributed by atoms with Crippen molar-refractivity contribution in [1.29, 1.82) is 0 Å². The van der Waals surface area contributed by atoms with Crippen LogP contribution in [-0.4, -0.2) is 4.57 Å². The van der Waals surface area contributed by atoms with Gasteiger partial charge in [0.25, 0.3) is 0 Å². The molecule has 0 radical (unpaired) electrons. The highest BCUT2D eigenvalue weighted by atomic mass is 32.1. The number of hydrogen-bond acceptors (Lipinski definition) is 1. The van der Waals surface area contributed by atoms with Crippen molar-refractivity contribution in [3.8, 4) is 37.7 Å². The molecular weight excluding hydrogens is 599 g/mol. The molecule has 2 heterocycles. The molecule has 48 heavy (non-hydrogen) atoms. The third kappa shape index (κ3) is 4.24. The van der Waals surface area contributed by atoms with E-state index in [0.29, 0.717) is 0 Å². The van der Waals surface area contributed by atoms with Gasteiger partial charge in [-0.15, -0.1) is 11.3 Å². The van der Waals surface area contributed by atoms with Crippen molar-refractivity contribution in [2.45, 2.75) is 0 Å². The molecule has 0 fully saturated rings. The monoisotopic (exact) mass is 627 g/mol. The van der Waals surface area contributed by atoms with Crippen LogP contribution in [0, 0.1) is 0 Å². The third-order valence-electron chi connectivity index (χ3n) is 9.82. The average molecular weight is 628 g/mol. The topological polar surface area (TPSA) is 4.93 Å². The van der Waals surface area contributed by atoms with E-state index in [2.05, 4.69) is 180 Å². The fourth-order valence-electron chi connectivity index (χ4n) is 7.54. The first-order valence-corrected chi connectivity index (χ1v) is 17.2. The summed E-state index contributed by atoms with van der Waals surface area (Å²) in [5.41, 5.74) is 8.60. The van der Waals surface area contributed by atoms with Crippen LogP contribution in [0.3, 0.4) is 0 Å². The Labute approximate surface area is 282 Å². The molecule has 10 rings (SSSR count). The van der Waals surface area contributed by atoms with Gasteiger partial charge in [0.15, 0.2) is 0 Å². The molecule has 0 spiro atoms. The maximum absolute atomic E-state index is 2.38. The molecule has 0 saturated carbocycles. The summed E-state index contributed by atoms with van der Waals surface area (Å²) in [4.78, 5) is 2.56. The second-order valence-corrected chi connectivity index (χ2v) is 13.6. The van der Waals surface area contributed by atoms with E-state index in [-0.39, 0.29) is 0 Å². The van der Waals surface area contributed by atoms with Crippen LogP contribution < -0.4 is 0 Å². The molecule has 2 heteroatoms. The molecule has 0 aliphatic rings. The summed E-state index contributed by atoms with van der Waals surface area (Å²) in [5.74, 6) is 0. The summed E-state index contributed by atoms with van der Waals surface area (Å²) in [6.45, 7) is 0. The van der Waals surface area contributed by atoms with Crippen molar-refractivity contribution in [2.75, 3.05) is 0 Å². The van der Waals surface area contributed by atoms with E-state index in [0.717, 1.165) is 0 Å². The molecule has 0 amide bonds. The van der Waals surface area contributed by atoms with Crippen LogP contribution in [0.1, 0.15) is 0 Å². The summed E-state index contributed by atoms with van der Waals surface area (Å²) in [5, 5.41) is 10.4.